The van der Waals surface area contributed by atoms with Gasteiger partial charge in [-0.15, -0.1) is 0 Å². The summed E-state index contributed by atoms with van der Waals surface area (Å²) in [5, 5.41) is 3.91. The van der Waals surface area contributed by atoms with E-state index >= 15 is 0 Å². The Bertz CT molecular complexity index is 448. The van der Waals surface area contributed by atoms with E-state index in [0.29, 0.717) is 12.1 Å². The van der Waals surface area contributed by atoms with Crippen molar-refractivity contribution in [2.24, 2.45) is 0 Å². The van der Waals surface area contributed by atoms with Crippen LogP contribution in [0, 0.1) is 0 Å². The molecule has 15 heavy (non-hydrogen) atoms. The highest BCUT2D eigenvalue weighted by molar-refractivity contribution is 7.91. The van der Waals surface area contributed by atoms with E-state index in [1.807, 2.05) is 0 Å². The van der Waals surface area contributed by atoms with Gasteiger partial charge in [0.15, 0.2) is 15.6 Å². The summed E-state index contributed by atoms with van der Waals surface area (Å²) in [4.78, 5) is 10.9. The minimum Gasteiger partial charge on any atom is -0.294 e. The van der Waals surface area contributed by atoms with Crippen LogP contribution in [-0.2, 0) is 16.4 Å². The summed E-state index contributed by atoms with van der Waals surface area (Å²) in [6.45, 7) is 3.35. The number of Topliss-reactive ketones (excluding diaryl/α,β-unsaturated/α-hetero) is 1. The molecule has 0 aliphatic carbocycles. The third-order valence-corrected chi connectivity index (χ3v) is 3.80. The highest BCUT2D eigenvalue weighted by atomic mass is 32.2. The summed E-state index contributed by atoms with van der Waals surface area (Å²) in [6.07, 6.45) is 3.01. The van der Waals surface area contributed by atoms with Crippen molar-refractivity contribution in [3.05, 3.63) is 18.0 Å². The maximum Gasteiger partial charge on any atom is 0.162 e. The lowest BCUT2D eigenvalue weighted by atomic mass is 10.3. The van der Waals surface area contributed by atoms with Crippen LogP contribution in [-0.4, -0.2) is 35.5 Å². The molecule has 5 nitrogen and oxygen atoms in total. The largest absolute Gasteiger partial charge is 0.294 e. The minimum atomic E-state index is -2.97. The third-order valence-electron chi connectivity index (χ3n) is 2.11. The Balaban J connectivity index is 2.63. The van der Waals surface area contributed by atoms with E-state index in [1.54, 1.807) is 13.1 Å². The zero-order valence-electron chi connectivity index (χ0n) is 8.80. The topological polar surface area (TPSA) is 69.0 Å². The number of carbonyl (C=O) groups excluding carboxylic acids is 1. The van der Waals surface area contributed by atoms with E-state index in [4.69, 9.17) is 0 Å². The average Bonchev–Trinajstić information content (AvgIpc) is 2.63. The fourth-order valence-electron chi connectivity index (χ4n) is 1.04. The first-order valence-corrected chi connectivity index (χ1v) is 6.50. The molecule has 0 fully saturated rings. The second-order valence-electron chi connectivity index (χ2n) is 3.28. The second kappa shape index (κ2) is 4.57. The first-order chi connectivity index (χ1) is 6.94. The van der Waals surface area contributed by atoms with Gasteiger partial charge in [-0.1, -0.05) is 6.92 Å². The highest BCUT2D eigenvalue weighted by Crippen LogP contribution is 1.99. The number of sulfone groups is 1. The number of nitrogens with zero attached hydrogens (tertiary/aromatic N) is 2. The Morgan fingerprint density at radius 2 is 2.20 bits per heavy atom. The van der Waals surface area contributed by atoms with Crippen molar-refractivity contribution in [2.75, 3.05) is 11.5 Å². The van der Waals surface area contributed by atoms with Crippen molar-refractivity contribution in [3.8, 4) is 0 Å². The molecule has 1 aromatic rings. The number of aromatic nitrogens is 2. The molecule has 6 heteroatoms. The van der Waals surface area contributed by atoms with Gasteiger partial charge in [-0.05, 0) is 6.92 Å². The lowest BCUT2D eigenvalue weighted by molar-refractivity contribution is 0.101. The number of hydrogen-bond acceptors (Lipinski definition) is 4. The lowest BCUT2D eigenvalue weighted by Crippen LogP contribution is -2.14. The Hall–Kier alpha value is -1.17. The molecule has 0 aliphatic heterocycles. The van der Waals surface area contributed by atoms with Gasteiger partial charge in [-0.25, -0.2) is 8.42 Å². The molecule has 0 aromatic carbocycles. The van der Waals surface area contributed by atoms with Crippen molar-refractivity contribution in [2.45, 2.75) is 20.4 Å². The normalized spacial score (nSPS) is 11.6. The molecule has 1 heterocycles. The number of carbonyl (C=O) groups is 1. The molecule has 0 atom stereocenters. The van der Waals surface area contributed by atoms with Crippen molar-refractivity contribution in [1.29, 1.82) is 0 Å². The molecule has 0 aliphatic rings. The van der Waals surface area contributed by atoms with Gasteiger partial charge in [0, 0.05) is 11.9 Å². The number of rotatable bonds is 5. The van der Waals surface area contributed by atoms with Crippen molar-refractivity contribution in [1.82, 2.24) is 9.78 Å². The molecule has 0 unspecified atom stereocenters. The fourth-order valence-corrected chi connectivity index (χ4v) is 1.80. The highest BCUT2D eigenvalue weighted by Gasteiger charge is 2.09. The number of aryl methyl sites for hydroxylation is 1. The maximum atomic E-state index is 11.2. The van der Waals surface area contributed by atoms with Gasteiger partial charge in [0.2, 0.25) is 0 Å². The van der Waals surface area contributed by atoms with Gasteiger partial charge in [0.25, 0.3) is 0 Å². The van der Waals surface area contributed by atoms with E-state index in [-0.39, 0.29) is 17.3 Å². The predicted octanol–water partition coefficient (Wildman–Crippen LogP) is 0.520. The summed E-state index contributed by atoms with van der Waals surface area (Å²) >= 11 is 0. The van der Waals surface area contributed by atoms with Crippen LogP contribution in [0.25, 0.3) is 0 Å². The van der Waals surface area contributed by atoms with Gasteiger partial charge < -0.3 is 0 Å². The monoisotopic (exact) mass is 230 g/mol. The summed E-state index contributed by atoms with van der Waals surface area (Å²) in [6, 6.07) is 0. The lowest BCUT2D eigenvalue weighted by Gasteiger charge is -2.00. The minimum absolute atomic E-state index is 0.0581. The van der Waals surface area contributed by atoms with E-state index in [1.165, 1.54) is 17.8 Å². The van der Waals surface area contributed by atoms with Crippen LogP contribution in [0.3, 0.4) is 0 Å². The van der Waals surface area contributed by atoms with Crippen LogP contribution in [0.4, 0.5) is 0 Å². The van der Waals surface area contributed by atoms with Crippen LogP contribution < -0.4 is 0 Å². The van der Waals surface area contributed by atoms with Crippen LogP contribution in [0.5, 0.6) is 0 Å². The first kappa shape index (κ1) is 11.9. The Morgan fingerprint density at radius 3 is 2.67 bits per heavy atom. The molecular formula is C9H14N2O3S. The molecule has 0 bridgehead atoms. The molecule has 1 rings (SSSR count). The Morgan fingerprint density at radius 1 is 1.53 bits per heavy atom. The first-order valence-electron chi connectivity index (χ1n) is 4.68. The summed E-state index contributed by atoms with van der Waals surface area (Å²) in [7, 11) is -2.97. The molecule has 0 saturated carbocycles. The summed E-state index contributed by atoms with van der Waals surface area (Å²) in [5.41, 5.74) is 0.504. The fraction of sp³-hybridized carbons (Fsp3) is 0.556. The van der Waals surface area contributed by atoms with E-state index in [2.05, 4.69) is 5.10 Å². The SMILES string of the molecule is CCS(=O)(=O)CCn1cc(C(C)=O)cn1. The molecule has 0 N–H and O–H groups in total. The van der Waals surface area contributed by atoms with Gasteiger partial charge >= 0.3 is 0 Å². The van der Waals surface area contributed by atoms with Gasteiger partial charge in [-0.3, -0.25) is 9.48 Å². The maximum absolute atomic E-state index is 11.2. The molecule has 1 aromatic heterocycles. The smallest absolute Gasteiger partial charge is 0.162 e. The molecule has 0 radical (unpaired) electrons. The van der Waals surface area contributed by atoms with Gasteiger partial charge in [0.1, 0.15) is 0 Å². The van der Waals surface area contributed by atoms with Crippen LogP contribution in [0.2, 0.25) is 0 Å². The Labute approximate surface area is 89.0 Å². The van der Waals surface area contributed by atoms with E-state index in [9.17, 15) is 13.2 Å². The molecule has 0 amide bonds. The molecular weight excluding hydrogens is 216 g/mol. The summed E-state index contributed by atoms with van der Waals surface area (Å²) < 4.78 is 23.9. The van der Waals surface area contributed by atoms with Crippen molar-refractivity contribution >= 4 is 15.6 Å². The van der Waals surface area contributed by atoms with E-state index < -0.39 is 9.84 Å². The standard InChI is InChI=1S/C9H14N2O3S/c1-3-15(13,14)5-4-11-7-9(6-10-11)8(2)12/h6-7H,3-5H2,1-2H3. The molecule has 0 saturated heterocycles. The number of ketones is 1. The second-order valence-corrected chi connectivity index (χ2v) is 5.76. The van der Waals surface area contributed by atoms with E-state index in [0.717, 1.165) is 0 Å². The van der Waals surface area contributed by atoms with Crippen LogP contribution in [0.15, 0.2) is 12.4 Å². The zero-order valence-corrected chi connectivity index (χ0v) is 9.62. The predicted molar refractivity (Wildman–Crippen MR) is 56.6 cm³/mol. The molecule has 0 spiro atoms. The quantitative estimate of drug-likeness (QED) is 0.691. The van der Waals surface area contributed by atoms with Gasteiger partial charge in [0.05, 0.1) is 24.1 Å². The van der Waals surface area contributed by atoms with Crippen LogP contribution in [0.1, 0.15) is 24.2 Å². The third kappa shape index (κ3) is 3.47. The zero-order chi connectivity index (χ0) is 11.5. The van der Waals surface area contributed by atoms with Gasteiger partial charge in [-0.2, -0.15) is 5.10 Å². The van der Waals surface area contributed by atoms with Crippen LogP contribution >= 0.6 is 0 Å². The average molecular weight is 230 g/mol. The van der Waals surface area contributed by atoms with Crippen molar-refractivity contribution < 1.29 is 13.2 Å². The van der Waals surface area contributed by atoms with Crippen molar-refractivity contribution in [3.63, 3.8) is 0 Å². The number of hydrogen-bond donors (Lipinski definition) is 0. The molecule has 84 valence electrons. The Kier molecular flexibility index (Phi) is 3.62. The summed E-state index contributed by atoms with van der Waals surface area (Å²) in [5.74, 6) is 0.121.